The summed E-state index contributed by atoms with van der Waals surface area (Å²) in [5.74, 6) is 0. The molecule has 0 saturated heterocycles. The van der Waals surface area contributed by atoms with Gasteiger partial charge in [0.05, 0.1) is 0 Å². The highest BCUT2D eigenvalue weighted by Gasteiger charge is 2.17. The van der Waals surface area contributed by atoms with E-state index in [1.165, 1.54) is 38.9 Å². The number of nitrogens with zero attached hydrogens (tertiary/aromatic N) is 1. The van der Waals surface area contributed by atoms with Crippen molar-refractivity contribution in [1.82, 2.24) is 0 Å². The Morgan fingerprint density at radius 2 is 0.700 bits per heavy atom. The molecule has 8 aromatic carbocycles. The molecule has 0 N–H and O–H groups in total. The summed E-state index contributed by atoms with van der Waals surface area (Å²) in [6.45, 7) is 0. The molecule has 0 radical (unpaired) electrons. The third-order valence-corrected chi connectivity index (χ3v) is 9.48. The maximum Gasteiger partial charge on any atom is 0.137 e. The van der Waals surface area contributed by atoms with E-state index in [1.807, 2.05) is 12.1 Å². The van der Waals surface area contributed by atoms with Crippen molar-refractivity contribution in [3.63, 3.8) is 0 Å². The van der Waals surface area contributed by atoms with Crippen LogP contribution in [0.15, 0.2) is 205 Å². The van der Waals surface area contributed by atoms with Crippen LogP contribution in [0.3, 0.4) is 0 Å². The van der Waals surface area contributed by atoms with Crippen LogP contribution in [0.2, 0.25) is 0 Å². The summed E-state index contributed by atoms with van der Waals surface area (Å²) in [6.07, 6.45) is 0. The summed E-state index contributed by atoms with van der Waals surface area (Å²) in [5.41, 5.74) is 14.5. The van der Waals surface area contributed by atoms with Crippen molar-refractivity contribution >= 4 is 39.0 Å². The molecule has 0 aliphatic rings. The highest BCUT2D eigenvalue weighted by Crippen LogP contribution is 2.40. The monoisotopic (exact) mass is 639 g/mol. The fourth-order valence-corrected chi connectivity index (χ4v) is 6.92. The molecule has 9 aromatic rings. The minimum Gasteiger partial charge on any atom is -0.456 e. The molecule has 1 heterocycles. The fourth-order valence-electron chi connectivity index (χ4n) is 6.92. The molecule has 9 rings (SSSR count). The highest BCUT2D eigenvalue weighted by molar-refractivity contribution is 6.06. The Hall–Kier alpha value is -6.64. The molecule has 0 fully saturated rings. The lowest BCUT2D eigenvalue weighted by atomic mass is 9.98. The van der Waals surface area contributed by atoms with Crippen molar-refractivity contribution in [1.29, 1.82) is 0 Å². The van der Waals surface area contributed by atoms with E-state index in [0.717, 1.165) is 44.6 Å². The first-order valence-electron chi connectivity index (χ1n) is 17.0. The van der Waals surface area contributed by atoms with Gasteiger partial charge < -0.3 is 9.32 Å². The maximum atomic E-state index is 6.35. The Labute approximate surface area is 292 Å². The zero-order valence-corrected chi connectivity index (χ0v) is 27.4. The van der Waals surface area contributed by atoms with E-state index < -0.39 is 0 Å². The zero-order valence-electron chi connectivity index (χ0n) is 27.4. The summed E-state index contributed by atoms with van der Waals surface area (Å²) in [6, 6.07) is 71.1. The first-order chi connectivity index (χ1) is 24.8. The van der Waals surface area contributed by atoms with E-state index >= 15 is 0 Å². The average molecular weight is 640 g/mol. The van der Waals surface area contributed by atoms with E-state index in [0.29, 0.717) is 0 Å². The Balaban J connectivity index is 1.12. The van der Waals surface area contributed by atoms with Crippen molar-refractivity contribution in [3.8, 4) is 44.5 Å². The summed E-state index contributed by atoms with van der Waals surface area (Å²) in [4.78, 5) is 2.32. The molecule has 0 saturated carbocycles. The third-order valence-electron chi connectivity index (χ3n) is 9.48. The quantitative estimate of drug-likeness (QED) is 0.173. The van der Waals surface area contributed by atoms with Crippen LogP contribution < -0.4 is 4.90 Å². The Bertz CT molecular complexity index is 2570. The van der Waals surface area contributed by atoms with E-state index in [2.05, 4.69) is 193 Å². The Morgan fingerprint density at radius 3 is 1.38 bits per heavy atom. The summed E-state index contributed by atoms with van der Waals surface area (Å²) in [5, 5.41) is 2.24. The number of furan rings is 1. The van der Waals surface area contributed by atoms with Gasteiger partial charge in [0.2, 0.25) is 0 Å². The number of para-hydroxylation sites is 1. The number of benzene rings is 8. The normalized spacial score (nSPS) is 11.2. The summed E-state index contributed by atoms with van der Waals surface area (Å²) >= 11 is 0. The Morgan fingerprint density at radius 1 is 0.260 bits per heavy atom. The fraction of sp³-hybridized carbons (Fsp3) is 0. The number of hydrogen-bond acceptors (Lipinski definition) is 2. The molecule has 2 heteroatoms. The second-order valence-electron chi connectivity index (χ2n) is 12.6. The topological polar surface area (TPSA) is 16.4 Å². The average Bonchev–Trinajstić information content (AvgIpc) is 3.57. The Kier molecular flexibility index (Phi) is 7.53. The lowest BCUT2D eigenvalue weighted by Gasteiger charge is -2.26. The first kappa shape index (κ1) is 29.5. The molecular formula is C48H33NO. The second-order valence-corrected chi connectivity index (χ2v) is 12.6. The second kappa shape index (κ2) is 12.8. The molecule has 0 amide bonds. The van der Waals surface area contributed by atoms with Gasteiger partial charge in [-0.25, -0.2) is 0 Å². The van der Waals surface area contributed by atoms with Gasteiger partial charge in [-0.3, -0.25) is 0 Å². The van der Waals surface area contributed by atoms with Crippen LogP contribution in [0.1, 0.15) is 0 Å². The molecule has 0 unspecified atom stereocenters. The van der Waals surface area contributed by atoms with Gasteiger partial charge in [-0.1, -0.05) is 146 Å². The SMILES string of the molecule is c1ccc(-c2ccc(-c3cccc(N(c4ccc(-c5cccc(-c6ccccc6)c5)cc4)c4ccc5c(c4)oc4ccccc45)c3)cc2)cc1. The van der Waals surface area contributed by atoms with Gasteiger partial charge in [0.25, 0.3) is 0 Å². The third kappa shape index (κ3) is 5.63. The minimum absolute atomic E-state index is 0.871. The minimum atomic E-state index is 0.871. The molecule has 50 heavy (non-hydrogen) atoms. The number of anilines is 3. The van der Waals surface area contributed by atoms with Gasteiger partial charge in [0, 0.05) is 33.9 Å². The van der Waals surface area contributed by atoms with Crippen molar-refractivity contribution < 1.29 is 4.42 Å². The lowest BCUT2D eigenvalue weighted by Crippen LogP contribution is -2.10. The van der Waals surface area contributed by atoms with Crippen LogP contribution in [0.5, 0.6) is 0 Å². The highest BCUT2D eigenvalue weighted by atomic mass is 16.3. The molecule has 0 atom stereocenters. The number of hydrogen-bond donors (Lipinski definition) is 0. The lowest BCUT2D eigenvalue weighted by molar-refractivity contribution is 0.669. The van der Waals surface area contributed by atoms with Crippen LogP contribution in [-0.2, 0) is 0 Å². The standard InChI is InChI=1S/C48H33NO/c1-3-11-34(12-4-1)36-21-23-37(24-22-36)41-17-10-18-43(32-41)49(44-29-30-46-45-19-7-8-20-47(45)50-48(46)33-44)42-27-25-38(26-28-42)40-16-9-15-39(31-40)35-13-5-2-6-14-35/h1-33H. The van der Waals surface area contributed by atoms with Crippen molar-refractivity contribution in [3.05, 3.63) is 200 Å². The van der Waals surface area contributed by atoms with Gasteiger partial charge in [0.15, 0.2) is 0 Å². The van der Waals surface area contributed by atoms with E-state index in [9.17, 15) is 0 Å². The van der Waals surface area contributed by atoms with Crippen LogP contribution in [-0.4, -0.2) is 0 Å². The van der Waals surface area contributed by atoms with Gasteiger partial charge in [-0.05, 0) is 93.0 Å². The molecular weight excluding hydrogens is 607 g/mol. The van der Waals surface area contributed by atoms with Gasteiger partial charge in [-0.2, -0.15) is 0 Å². The summed E-state index contributed by atoms with van der Waals surface area (Å²) in [7, 11) is 0. The summed E-state index contributed by atoms with van der Waals surface area (Å²) < 4.78 is 6.35. The van der Waals surface area contributed by atoms with Gasteiger partial charge in [0.1, 0.15) is 11.2 Å². The molecule has 0 aliphatic heterocycles. The molecule has 236 valence electrons. The van der Waals surface area contributed by atoms with Crippen LogP contribution >= 0.6 is 0 Å². The first-order valence-corrected chi connectivity index (χ1v) is 17.0. The predicted molar refractivity (Wildman–Crippen MR) is 210 cm³/mol. The predicted octanol–water partition coefficient (Wildman–Crippen LogP) is 13.7. The molecule has 0 bridgehead atoms. The van der Waals surface area contributed by atoms with Crippen LogP contribution in [0.4, 0.5) is 17.1 Å². The maximum absolute atomic E-state index is 6.35. The van der Waals surface area contributed by atoms with Crippen molar-refractivity contribution in [2.45, 2.75) is 0 Å². The van der Waals surface area contributed by atoms with Crippen molar-refractivity contribution in [2.24, 2.45) is 0 Å². The smallest absolute Gasteiger partial charge is 0.137 e. The largest absolute Gasteiger partial charge is 0.456 e. The van der Waals surface area contributed by atoms with Gasteiger partial charge in [-0.15, -0.1) is 0 Å². The van der Waals surface area contributed by atoms with E-state index in [-0.39, 0.29) is 0 Å². The molecule has 2 nitrogen and oxygen atoms in total. The molecule has 1 aromatic heterocycles. The van der Waals surface area contributed by atoms with E-state index in [1.54, 1.807) is 0 Å². The van der Waals surface area contributed by atoms with Crippen molar-refractivity contribution in [2.75, 3.05) is 4.90 Å². The number of rotatable bonds is 7. The van der Waals surface area contributed by atoms with E-state index in [4.69, 9.17) is 4.42 Å². The van der Waals surface area contributed by atoms with Crippen LogP contribution in [0.25, 0.3) is 66.4 Å². The number of fused-ring (bicyclic) bond motifs is 3. The molecule has 0 spiro atoms. The van der Waals surface area contributed by atoms with Gasteiger partial charge >= 0.3 is 0 Å². The molecule has 0 aliphatic carbocycles. The zero-order chi connectivity index (χ0) is 33.3. The van der Waals surface area contributed by atoms with Crippen LogP contribution in [0, 0.1) is 0 Å².